The summed E-state index contributed by atoms with van der Waals surface area (Å²) in [6.07, 6.45) is 3.60. The molecule has 1 saturated carbocycles. The Hall–Kier alpha value is -1.53. The quantitative estimate of drug-likeness (QED) is 0.610. The van der Waals surface area contributed by atoms with E-state index < -0.39 is 0 Å². The normalized spacial score (nSPS) is 27.2. The molecule has 1 aliphatic carbocycles. The zero-order valence-corrected chi connectivity index (χ0v) is 16.4. The van der Waals surface area contributed by atoms with E-state index >= 15 is 0 Å². The van der Waals surface area contributed by atoms with Crippen molar-refractivity contribution in [3.8, 4) is 5.75 Å². The first-order chi connectivity index (χ1) is 12.2. The largest absolute Gasteiger partial charge is 0.494 e. The summed E-state index contributed by atoms with van der Waals surface area (Å²) in [7, 11) is 1.08. The van der Waals surface area contributed by atoms with Crippen LogP contribution >= 0.6 is 0 Å². The third kappa shape index (κ3) is 3.91. The van der Waals surface area contributed by atoms with Crippen molar-refractivity contribution in [3.63, 3.8) is 0 Å². The summed E-state index contributed by atoms with van der Waals surface area (Å²) in [5.74, 6) is 0.623. The fraction of sp³-hybridized carbons (Fsp3) is 0.650. The predicted octanol–water partition coefficient (Wildman–Crippen LogP) is 3.10. The van der Waals surface area contributed by atoms with Crippen LogP contribution in [0.1, 0.15) is 53.4 Å². The van der Waals surface area contributed by atoms with E-state index in [9.17, 15) is 4.79 Å². The van der Waals surface area contributed by atoms with Gasteiger partial charge in [0.1, 0.15) is 5.75 Å². The number of carbonyl (C=O) groups is 1. The van der Waals surface area contributed by atoms with Crippen molar-refractivity contribution in [3.05, 3.63) is 24.3 Å². The number of esters is 1. The highest BCUT2D eigenvalue weighted by Gasteiger charge is 2.51. The summed E-state index contributed by atoms with van der Waals surface area (Å²) in [6.45, 7) is 8.19. The molecule has 0 unspecified atom stereocenters. The molecule has 2 aliphatic rings. The van der Waals surface area contributed by atoms with Gasteiger partial charge in [-0.1, -0.05) is 12.1 Å². The lowest BCUT2D eigenvalue weighted by Gasteiger charge is -2.32. The van der Waals surface area contributed by atoms with Gasteiger partial charge in [-0.25, -0.2) is 0 Å². The molecule has 2 atom stereocenters. The molecule has 1 aromatic carbocycles. The van der Waals surface area contributed by atoms with Crippen LogP contribution in [0.15, 0.2) is 24.3 Å². The molecule has 1 aliphatic heterocycles. The lowest BCUT2D eigenvalue weighted by Crippen LogP contribution is -2.41. The average Bonchev–Trinajstić information content (AvgIpc) is 2.83. The third-order valence-electron chi connectivity index (χ3n) is 5.87. The minimum absolute atomic E-state index is 0.0514. The fourth-order valence-electron chi connectivity index (χ4n) is 3.51. The Balaban J connectivity index is 1.61. The van der Waals surface area contributed by atoms with Crippen LogP contribution < -0.4 is 10.2 Å². The summed E-state index contributed by atoms with van der Waals surface area (Å²) < 4.78 is 23.1. The zero-order valence-electron chi connectivity index (χ0n) is 16.4. The number of rotatable bonds is 4. The van der Waals surface area contributed by atoms with Gasteiger partial charge >= 0.3 is 13.1 Å². The highest BCUT2D eigenvalue weighted by atomic mass is 16.7. The summed E-state index contributed by atoms with van der Waals surface area (Å²) in [4.78, 5) is 11.8. The molecule has 0 bridgehead atoms. The first-order valence-electron chi connectivity index (χ1n) is 9.42. The van der Waals surface area contributed by atoms with E-state index in [0.29, 0.717) is 6.42 Å². The number of methoxy groups -OCH3 is 1. The molecule has 5 nitrogen and oxygen atoms in total. The summed E-state index contributed by atoms with van der Waals surface area (Å²) in [5.41, 5.74) is 0.280. The standard InChI is InChI=1S/C20H29BO5/c1-19(2)20(3,4)26-21(25-19)15-9-11-16(12-10-15)24-17-8-6-7-14(13-17)18(22)23-5/h9-12,14,17H,6-8,13H2,1-5H3/t14-,17-/m0/s1. The lowest BCUT2D eigenvalue weighted by atomic mass is 9.79. The number of carbonyl (C=O) groups excluding carboxylic acids is 1. The summed E-state index contributed by atoms with van der Waals surface area (Å²) >= 11 is 0. The van der Waals surface area contributed by atoms with Crippen LogP contribution in [-0.4, -0.2) is 37.5 Å². The van der Waals surface area contributed by atoms with E-state index in [1.807, 2.05) is 52.0 Å². The van der Waals surface area contributed by atoms with Crippen molar-refractivity contribution in [2.75, 3.05) is 7.11 Å². The molecule has 6 heteroatoms. The second-order valence-corrected chi connectivity index (χ2v) is 8.28. The van der Waals surface area contributed by atoms with Crippen molar-refractivity contribution in [2.45, 2.75) is 70.7 Å². The number of ether oxygens (including phenoxy) is 2. The van der Waals surface area contributed by atoms with Gasteiger partial charge in [-0.05, 0) is 71.0 Å². The van der Waals surface area contributed by atoms with Gasteiger partial charge in [0.2, 0.25) is 0 Å². The Bertz CT molecular complexity index is 624. The highest BCUT2D eigenvalue weighted by molar-refractivity contribution is 6.62. The molecule has 0 aromatic heterocycles. The van der Waals surface area contributed by atoms with Crippen LogP contribution in [0.25, 0.3) is 0 Å². The lowest BCUT2D eigenvalue weighted by molar-refractivity contribution is -0.147. The predicted molar refractivity (Wildman–Crippen MR) is 101 cm³/mol. The van der Waals surface area contributed by atoms with Gasteiger partial charge in [-0.15, -0.1) is 0 Å². The van der Waals surface area contributed by atoms with E-state index in [2.05, 4.69) is 0 Å². The van der Waals surface area contributed by atoms with Gasteiger partial charge < -0.3 is 18.8 Å². The third-order valence-corrected chi connectivity index (χ3v) is 5.87. The molecule has 0 spiro atoms. The summed E-state index contributed by atoms with van der Waals surface area (Å²) in [5, 5.41) is 0. The molecular formula is C20H29BO5. The van der Waals surface area contributed by atoms with Crippen LogP contribution in [0.3, 0.4) is 0 Å². The fourth-order valence-corrected chi connectivity index (χ4v) is 3.51. The Morgan fingerprint density at radius 3 is 2.27 bits per heavy atom. The zero-order chi connectivity index (χ0) is 18.9. The van der Waals surface area contributed by atoms with Crippen molar-refractivity contribution >= 4 is 18.6 Å². The van der Waals surface area contributed by atoms with Crippen LogP contribution in [0.4, 0.5) is 0 Å². The van der Waals surface area contributed by atoms with Crippen LogP contribution in [-0.2, 0) is 18.8 Å². The van der Waals surface area contributed by atoms with Gasteiger partial charge in [0.05, 0.1) is 30.3 Å². The summed E-state index contributed by atoms with van der Waals surface area (Å²) in [6, 6.07) is 7.86. The van der Waals surface area contributed by atoms with Gasteiger partial charge in [-0.3, -0.25) is 4.79 Å². The maximum absolute atomic E-state index is 11.8. The maximum Gasteiger partial charge on any atom is 0.494 e. The molecule has 142 valence electrons. The molecule has 3 rings (SSSR count). The maximum atomic E-state index is 11.8. The van der Waals surface area contributed by atoms with Gasteiger partial charge in [0.25, 0.3) is 0 Å². The molecular weight excluding hydrogens is 331 g/mol. The minimum atomic E-state index is -0.368. The molecule has 0 radical (unpaired) electrons. The SMILES string of the molecule is COC(=O)[C@H]1CCC[C@H](Oc2ccc(B3OC(C)(C)C(C)(C)O3)cc2)C1. The number of hydrogen-bond acceptors (Lipinski definition) is 5. The van der Waals surface area contributed by atoms with Crippen LogP contribution in [0.2, 0.25) is 0 Å². The van der Waals surface area contributed by atoms with E-state index in [4.69, 9.17) is 18.8 Å². The number of hydrogen-bond donors (Lipinski definition) is 0. The van der Waals surface area contributed by atoms with Crippen molar-refractivity contribution in [1.82, 2.24) is 0 Å². The molecule has 26 heavy (non-hydrogen) atoms. The van der Waals surface area contributed by atoms with Gasteiger partial charge in [0.15, 0.2) is 0 Å². The topological polar surface area (TPSA) is 54.0 Å². The van der Waals surface area contributed by atoms with E-state index in [1.54, 1.807) is 0 Å². The van der Waals surface area contributed by atoms with Crippen molar-refractivity contribution in [1.29, 1.82) is 0 Å². The minimum Gasteiger partial charge on any atom is -0.490 e. The smallest absolute Gasteiger partial charge is 0.490 e. The molecule has 1 saturated heterocycles. The average molecular weight is 360 g/mol. The monoisotopic (exact) mass is 360 g/mol. The van der Waals surface area contributed by atoms with Gasteiger partial charge in [0, 0.05) is 0 Å². The van der Waals surface area contributed by atoms with Crippen molar-refractivity contribution < 1.29 is 23.6 Å². The molecule has 1 heterocycles. The second-order valence-electron chi connectivity index (χ2n) is 8.28. The van der Waals surface area contributed by atoms with Crippen molar-refractivity contribution in [2.24, 2.45) is 5.92 Å². The van der Waals surface area contributed by atoms with Crippen LogP contribution in [0.5, 0.6) is 5.75 Å². The highest BCUT2D eigenvalue weighted by Crippen LogP contribution is 2.36. The molecule has 2 fully saturated rings. The molecule has 0 amide bonds. The Labute approximate surface area is 156 Å². The van der Waals surface area contributed by atoms with E-state index in [1.165, 1.54) is 7.11 Å². The van der Waals surface area contributed by atoms with Crippen LogP contribution in [0, 0.1) is 5.92 Å². The Kier molecular flexibility index (Phi) is 5.36. The first-order valence-corrected chi connectivity index (χ1v) is 9.42. The van der Waals surface area contributed by atoms with E-state index in [0.717, 1.165) is 30.5 Å². The van der Waals surface area contributed by atoms with Gasteiger partial charge in [-0.2, -0.15) is 0 Å². The molecule has 0 N–H and O–H groups in total. The second kappa shape index (κ2) is 7.24. The molecule has 1 aromatic rings. The Morgan fingerprint density at radius 2 is 1.69 bits per heavy atom. The Morgan fingerprint density at radius 1 is 1.08 bits per heavy atom. The number of benzene rings is 1. The van der Waals surface area contributed by atoms with E-state index in [-0.39, 0.29) is 36.3 Å². The first kappa shape index (κ1) is 19.2.